The number of nitrogens with two attached hydrogens (primary N) is 1. The van der Waals surface area contributed by atoms with E-state index < -0.39 is 10.2 Å². The zero-order valence-electron chi connectivity index (χ0n) is 11.5. The fraction of sp³-hybridized carbons (Fsp3) is 0.364. The molecule has 11 heteroatoms. The van der Waals surface area contributed by atoms with E-state index in [4.69, 9.17) is 24.4 Å². The Morgan fingerprint density at radius 1 is 1.14 bits per heavy atom. The molecule has 0 fully saturated rings. The van der Waals surface area contributed by atoms with Crippen LogP contribution in [0.1, 0.15) is 5.56 Å². The van der Waals surface area contributed by atoms with Crippen molar-refractivity contribution in [2.45, 2.75) is 0 Å². The van der Waals surface area contributed by atoms with Crippen LogP contribution in [0.4, 0.5) is 0 Å². The van der Waals surface area contributed by atoms with Crippen molar-refractivity contribution in [1.29, 1.82) is 0 Å². The molecule has 0 unspecified atom stereocenters. The molecule has 22 heavy (non-hydrogen) atoms. The van der Waals surface area contributed by atoms with Gasteiger partial charge in [0.1, 0.15) is 0 Å². The molecule has 0 spiro atoms. The molecule has 1 rings (SSSR count). The molecule has 9 nitrogen and oxygen atoms in total. The summed E-state index contributed by atoms with van der Waals surface area (Å²) >= 11 is 0. The van der Waals surface area contributed by atoms with Crippen LogP contribution in [0, 0.1) is 10.2 Å². The Hall–Kier alpha value is -0.781. The van der Waals surface area contributed by atoms with Crippen LogP contribution in [0.15, 0.2) is 29.3 Å². The van der Waals surface area contributed by atoms with Crippen LogP contribution in [0.2, 0.25) is 0 Å². The summed E-state index contributed by atoms with van der Waals surface area (Å²) in [6.45, 7) is 2.88. The van der Waals surface area contributed by atoms with Gasteiger partial charge >= 0.3 is 17.1 Å². The number of hydrogen-bond donors (Lipinski definition) is 2. The summed E-state index contributed by atoms with van der Waals surface area (Å²) in [7, 11) is -4.94. The van der Waals surface area contributed by atoms with E-state index in [1.165, 1.54) is 6.07 Å². The summed E-state index contributed by atoms with van der Waals surface area (Å²) in [5.41, 5.74) is 5.95. The molecule has 0 amide bonds. The summed E-state index contributed by atoms with van der Waals surface area (Å²) in [6.07, 6.45) is 1.62. The van der Waals surface area contributed by atoms with Crippen LogP contribution < -0.4 is 34.8 Å². The number of aliphatic imine (C=N–C) groups is 1. The minimum atomic E-state index is -4.94. The molecule has 5 N–H and O–H groups in total. The monoisotopic (exact) mass is 386 g/mol. The van der Waals surface area contributed by atoms with Crippen molar-refractivity contribution in [3.63, 3.8) is 0 Å². The Kier molecular flexibility index (Phi) is 18.0. The molecular weight excluding hydrogens is 369 g/mol. The van der Waals surface area contributed by atoms with E-state index in [9.17, 15) is 5.11 Å². The van der Waals surface area contributed by atoms with E-state index >= 15 is 0 Å². The number of nitrogens with one attached hydrogen (secondary N) is 1. The van der Waals surface area contributed by atoms with Gasteiger partial charge in [-0.3, -0.25) is 4.99 Å². The van der Waals surface area contributed by atoms with Gasteiger partial charge in [0.15, 0.2) is 0 Å². The first-order chi connectivity index (χ1) is 9.34. The SMILES string of the molecule is NCCNCCN=Cc1ccccc1[O-].O.[Cu+2].[O-][Cl+3]([O-])([O-])[O-]. The smallest absolute Gasteiger partial charge is 0.872 e. The van der Waals surface area contributed by atoms with Crippen molar-refractivity contribution in [3.8, 4) is 5.75 Å². The first-order valence-electron chi connectivity index (χ1n) is 5.63. The average Bonchev–Trinajstić information content (AvgIpc) is 2.33. The van der Waals surface area contributed by atoms with Crippen LogP contribution >= 0.6 is 0 Å². The van der Waals surface area contributed by atoms with Gasteiger partial charge in [-0.25, -0.2) is 18.6 Å². The molecule has 1 aromatic carbocycles. The standard InChI is InChI=1S/C11H17N3O.ClHO4.Cu.H2O/c12-5-6-13-7-8-14-9-10-3-1-2-4-11(10)15;2-1(3,4)5;;/h1-4,9,13,15H,5-8,12H2;(H,2,3,4,5);;1H2/q;;+2;/p-2. The molecule has 0 atom stereocenters. The van der Waals surface area contributed by atoms with Gasteiger partial charge in [0, 0.05) is 25.8 Å². The first-order valence-corrected chi connectivity index (χ1v) is 6.86. The van der Waals surface area contributed by atoms with Crippen LogP contribution in [-0.4, -0.2) is 37.9 Å². The summed E-state index contributed by atoms with van der Waals surface area (Å²) in [5.74, 6) is 0.0103. The molecule has 0 heterocycles. The summed E-state index contributed by atoms with van der Waals surface area (Å²) in [4.78, 5) is 4.15. The van der Waals surface area contributed by atoms with Crippen LogP contribution in [-0.2, 0) is 17.1 Å². The van der Waals surface area contributed by atoms with Gasteiger partial charge in [-0.15, -0.1) is 16.0 Å². The molecule has 0 aliphatic heterocycles. The Bertz CT molecular complexity index is 400. The minimum Gasteiger partial charge on any atom is -0.872 e. The van der Waals surface area contributed by atoms with E-state index in [2.05, 4.69) is 10.3 Å². The third kappa shape index (κ3) is 19.2. The van der Waals surface area contributed by atoms with Crippen LogP contribution in [0.25, 0.3) is 0 Å². The fourth-order valence-corrected chi connectivity index (χ4v) is 1.12. The number of para-hydroxylation sites is 1. The van der Waals surface area contributed by atoms with E-state index in [1.807, 2.05) is 6.07 Å². The number of rotatable bonds is 6. The second-order valence-electron chi connectivity index (χ2n) is 3.49. The van der Waals surface area contributed by atoms with Crippen molar-refractivity contribution in [2.75, 3.05) is 26.2 Å². The van der Waals surface area contributed by atoms with Gasteiger partial charge < -0.3 is 21.6 Å². The van der Waals surface area contributed by atoms with Gasteiger partial charge in [0.05, 0.1) is 6.54 Å². The third-order valence-corrected chi connectivity index (χ3v) is 1.89. The predicted molar refractivity (Wildman–Crippen MR) is 63.9 cm³/mol. The molecule has 0 saturated carbocycles. The largest absolute Gasteiger partial charge is 2.00 e. The van der Waals surface area contributed by atoms with Crippen molar-refractivity contribution in [1.82, 2.24) is 5.32 Å². The Balaban J connectivity index is -0.000000452. The second kappa shape index (κ2) is 15.1. The Morgan fingerprint density at radius 2 is 1.68 bits per heavy atom. The van der Waals surface area contributed by atoms with Crippen molar-refractivity contribution < 1.29 is 56.5 Å². The zero-order chi connectivity index (χ0) is 15.4. The van der Waals surface area contributed by atoms with Crippen LogP contribution in [0.5, 0.6) is 5.75 Å². The molecule has 0 aliphatic carbocycles. The summed E-state index contributed by atoms with van der Waals surface area (Å²) in [6, 6.07) is 6.85. The normalized spacial score (nSPS) is 10.2. The molecule has 0 aromatic heterocycles. The molecule has 0 saturated heterocycles. The van der Waals surface area contributed by atoms with Gasteiger partial charge in [-0.1, -0.05) is 24.3 Å². The quantitative estimate of drug-likeness (QED) is 0.275. The van der Waals surface area contributed by atoms with Gasteiger partial charge in [-0.2, -0.15) is 0 Å². The summed E-state index contributed by atoms with van der Waals surface area (Å²) < 4.78 is 34.0. The first kappa shape index (κ1) is 26.1. The number of nitrogens with zero attached hydrogens (tertiary/aromatic N) is 1. The van der Waals surface area contributed by atoms with E-state index in [0.717, 1.165) is 13.1 Å². The molecular formula is C11H18ClCuN3O6. The van der Waals surface area contributed by atoms with Gasteiger partial charge in [-0.05, 0) is 5.56 Å². The molecule has 0 aliphatic rings. The number of hydrogen-bond acceptors (Lipinski definition) is 8. The van der Waals surface area contributed by atoms with Crippen molar-refractivity contribution >= 4 is 6.21 Å². The molecule has 0 bridgehead atoms. The van der Waals surface area contributed by atoms with E-state index in [0.29, 0.717) is 18.7 Å². The summed E-state index contributed by atoms with van der Waals surface area (Å²) in [5, 5.41) is 14.4. The van der Waals surface area contributed by atoms with Gasteiger partial charge in [0.25, 0.3) is 0 Å². The average molecular weight is 387 g/mol. The maximum absolute atomic E-state index is 11.3. The predicted octanol–water partition coefficient (Wildman–Crippen LogP) is -5.86. The van der Waals surface area contributed by atoms with Gasteiger partial charge in [0.2, 0.25) is 0 Å². The molecule has 131 valence electrons. The van der Waals surface area contributed by atoms with E-state index in [-0.39, 0.29) is 28.3 Å². The van der Waals surface area contributed by atoms with Crippen molar-refractivity contribution in [3.05, 3.63) is 29.8 Å². The fourth-order valence-electron chi connectivity index (χ4n) is 1.12. The molecule has 1 radical (unpaired) electrons. The third-order valence-electron chi connectivity index (χ3n) is 1.89. The number of halogens is 1. The van der Waals surface area contributed by atoms with E-state index in [1.54, 1.807) is 18.3 Å². The maximum Gasteiger partial charge on any atom is 2.00 e. The minimum absolute atomic E-state index is 0. The number of benzene rings is 1. The van der Waals surface area contributed by atoms with Crippen molar-refractivity contribution in [2.24, 2.45) is 10.7 Å². The topological polar surface area (TPSA) is 197 Å². The van der Waals surface area contributed by atoms with Crippen LogP contribution in [0.3, 0.4) is 0 Å². The Labute approximate surface area is 141 Å². The second-order valence-corrected chi connectivity index (χ2v) is 4.25. The Morgan fingerprint density at radius 3 is 2.18 bits per heavy atom. The maximum atomic E-state index is 11.3. The zero-order valence-corrected chi connectivity index (χ0v) is 13.2. The molecule has 1 aromatic rings.